The Morgan fingerprint density at radius 2 is 2.26 bits per heavy atom. The van der Waals surface area contributed by atoms with Gasteiger partial charge in [0, 0.05) is 11.1 Å². The Bertz CT molecular complexity index is 559. The van der Waals surface area contributed by atoms with E-state index in [9.17, 15) is 4.39 Å². The number of hydrogen-bond acceptors (Lipinski definition) is 4. The Labute approximate surface area is 120 Å². The molecule has 0 radical (unpaired) electrons. The fraction of sp³-hybridized carbons (Fsp3) is 0.385. The second-order valence-corrected chi connectivity index (χ2v) is 5.60. The first-order valence-electron chi connectivity index (χ1n) is 6.12. The second-order valence-electron chi connectivity index (χ2n) is 4.38. The molecule has 1 atom stereocenters. The molecular formula is C13H15ClFN3S. The van der Waals surface area contributed by atoms with E-state index in [1.165, 1.54) is 23.7 Å². The summed E-state index contributed by atoms with van der Waals surface area (Å²) in [5.41, 5.74) is 7.59. The van der Waals surface area contributed by atoms with Crippen LogP contribution in [-0.4, -0.2) is 9.59 Å². The Hall–Kier alpha value is -1.04. The van der Waals surface area contributed by atoms with Gasteiger partial charge in [-0.3, -0.25) is 0 Å². The molecule has 6 heteroatoms. The van der Waals surface area contributed by atoms with Gasteiger partial charge >= 0.3 is 0 Å². The molecule has 0 spiro atoms. The van der Waals surface area contributed by atoms with Crippen molar-refractivity contribution in [3.05, 3.63) is 45.2 Å². The third-order valence-electron chi connectivity index (χ3n) is 2.86. The summed E-state index contributed by atoms with van der Waals surface area (Å²) in [5.74, 6) is -0.283. The van der Waals surface area contributed by atoms with Crippen molar-refractivity contribution in [2.75, 3.05) is 0 Å². The van der Waals surface area contributed by atoms with E-state index >= 15 is 0 Å². The zero-order valence-corrected chi connectivity index (χ0v) is 12.1. The summed E-state index contributed by atoms with van der Waals surface area (Å²) < 4.78 is 17.6. The van der Waals surface area contributed by atoms with E-state index in [2.05, 4.69) is 16.5 Å². The molecule has 102 valence electrons. The number of rotatable bonds is 5. The van der Waals surface area contributed by atoms with Gasteiger partial charge in [-0.2, -0.15) is 0 Å². The average molecular weight is 300 g/mol. The zero-order chi connectivity index (χ0) is 13.8. The van der Waals surface area contributed by atoms with Gasteiger partial charge in [0.2, 0.25) is 0 Å². The van der Waals surface area contributed by atoms with Crippen molar-refractivity contribution in [1.29, 1.82) is 0 Å². The highest BCUT2D eigenvalue weighted by Crippen LogP contribution is 2.25. The van der Waals surface area contributed by atoms with Crippen LogP contribution in [0.15, 0.2) is 18.2 Å². The van der Waals surface area contributed by atoms with Gasteiger partial charge in [-0.25, -0.2) is 4.39 Å². The summed E-state index contributed by atoms with van der Waals surface area (Å²) in [4.78, 5) is 0.932. The minimum Gasteiger partial charge on any atom is -0.323 e. The van der Waals surface area contributed by atoms with Gasteiger partial charge in [-0.15, -0.1) is 5.10 Å². The SMILES string of the molecule is CCCc1nnsc1C(N)Cc1cc(Cl)ccc1F. The molecule has 1 unspecified atom stereocenters. The highest BCUT2D eigenvalue weighted by Gasteiger charge is 2.17. The molecule has 0 aliphatic carbocycles. The Kier molecular flexibility index (Phi) is 4.85. The summed E-state index contributed by atoms with van der Waals surface area (Å²) in [6.45, 7) is 2.07. The molecule has 2 N–H and O–H groups in total. The normalized spacial score (nSPS) is 12.6. The minimum absolute atomic E-state index is 0.283. The largest absolute Gasteiger partial charge is 0.323 e. The molecule has 0 bridgehead atoms. The fourth-order valence-electron chi connectivity index (χ4n) is 1.94. The van der Waals surface area contributed by atoms with Crippen molar-refractivity contribution in [3.63, 3.8) is 0 Å². The van der Waals surface area contributed by atoms with Crippen molar-refractivity contribution in [3.8, 4) is 0 Å². The van der Waals surface area contributed by atoms with E-state index in [1.807, 2.05) is 0 Å². The molecule has 0 saturated heterocycles. The number of halogens is 2. The van der Waals surface area contributed by atoms with Crippen LogP contribution < -0.4 is 5.73 Å². The molecule has 0 amide bonds. The van der Waals surface area contributed by atoms with E-state index in [1.54, 1.807) is 6.07 Å². The summed E-state index contributed by atoms with van der Waals surface area (Å²) in [6.07, 6.45) is 2.22. The number of nitrogens with two attached hydrogens (primary N) is 1. The van der Waals surface area contributed by atoms with Crippen molar-refractivity contribution in [2.45, 2.75) is 32.2 Å². The minimum atomic E-state index is -0.297. The van der Waals surface area contributed by atoms with E-state index < -0.39 is 0 Å². The summed E-state index contributed by atoms with van der Waals surface area (Å²) >= 11 is 7.16. The molecular weight excluding hydrogens is 285 g/mol. The smallest absolute Gasteiger partial charge is 0.126 e. The summed E-state index contributed by atoms with van der Waals surface area (Å²) in [6, 6.07) is 4.21. The quantitative estimate of drug-likeness (QED) is 0.919. The van der Waals surface area contributed by atoms with Crippen molar-refractivity contribution < 1.29 is 4.39 Å². The number of hydrogen-bond donors (Lipinski definition) is 1. The Balaban J connectivity index is 2.18. The average Bonchev–Trinajstić information content (AvgIpc) is 2.82. The maximum atomic E-state index is 13.7. The van der Waals surface area contributed by atoms with E-state index in [0.29, 0.717) is 17.0 Å². The number of aryl methyl sites for hydroxylation is 1. The number of nitrogens with zero attached hydrogens (tertiary/aromatic N) is 2. The lowest BCUT2D eigenvalue weighted by Crippen LogP contribution is -2.14. The van der Waals surface area contributed by atoms with Crippen LogP contribution in [0, 0.1) is 5.82 Å². The summed E-state index contributed by atoms with van der Waals surface area (Å²) in [5, 5.41) is 4.59. The molecule has 3 nitrogen and oxygen atoms in total. The van der Waals surface area contributed by atoms with Crippen LogP contribution in [0.4, 0.5) is 4.39 Å². The monoisotopic (exact) mass is 299 g/mol. The van der Waals surface area contributed by atoms with Crippen LogP contribution in [0.5, 0.6) is 0 Å². The molecule has 0 fully saturated rings. The number of aromatic nitrogens is 2. The lowest BCUT2D eigenvalue weighted by atomic mass is 10.0. The third kappa shape index (κ3) is 3.49. The molecule has 1 aromatic carbocycles. The van der Waals surface area contributed by atoms with Crippen LogP contribution in [0.2, 0.25) is 5.02 Å². The van der Waals surface area contributed by atoms with Crippen LogP contribution in [0.25, 0.3) is 0 Å². The first kappa shape index (κ1) is 14.4. The van der Waals surface area contributed by atoms with Gasteiger partial charge in [0.05, 0.1) is 10.6 Å². The van der Waals surface area contributed by atoms with Gasteiger partial charge in [-0.1, -0.05) is 29.4 Å². The molecule has 2 rings (SSSR count). The van der Waals surface area contributed by atoms with Crippen molar-refractivity contribution >= 4 is 23.1 Å². The van der Waals surface area contributed by atoms with Crippen molar-refractivity contribution in [1.82, 2.24) is 9.59 Å². The molecule has 2 aromatic rings. The lowest BCUT2D eigenvalue weighted by molar-refractivity contribution is 0.593. The van der Waals surface area contributed by atoms with E-state index in [4.69, 9.17) is 17.3 Å². The first-order chi connectivity index (χ1) is 9.11. The molecule has 0 aliphatic rings. The van der Waals surface area contributed by atoms with Gasteiger partial charge in [0.1, 0.15) is 5.82 Å². The van der Waals surface area contributed by atoms with Gasteiger partial charge in [0.15, 0.2) is 0 Å². The van der Waals surface area contributed by atoms with E-state index in [0.717, 1.165) is 23.4 Å². The highest BCUT2D eigenvalue weighted by atomic mass is 35.5. The number of benzene rings is 1. The van der Waals surface area contributed by atoms with Crippen LogP contribution >= 0.6 is 23.1 Å². The topological polar surface area (TPSA) is 51.8 Å². The zero-order valence-electron chi connectivity index (χ0n) is 10.6. The summed E-state index contributed by atoms with van der Waals surface area (Å²) in [7, 11) is 0. The standard InChI is InChI=1S/C13H15ClFN3S/c1-2-3-12-13(19-18-17-12)11(16)7-8-6-9(14)4-5-10(8)15/h4-6,11H,2-3,7,16H2,1H3. The lowest BCUT2D eigenvalue weighted by Gasteiger charge is -2.11. The van der Waals surface area contributed by atoms with Gasteiger partial charge < -0.3 is 5.73 Å². The fourth-order valence-corrected chi connectivity index (χ4v) is 2.83. The molecule has 1 heterocycles. The Morgan fingerprint density at radius 1 is 1.47 bits per heavy atom. The molecule has 1 aromatic heterocycles. The molecule has 0 saturated carbocycles. The van der Waals surface area contributed by atoms with Gasteiger partial charge in [-0.05, 0) is 48.1 Å². The second kappa shape index (κ2) is 6.41. The van der Waals surface area contributed by atoms with Crippen LogP contribution in [0.1, 0.15) is 35.5 Å². The van der Waals surface area contributed by atoms with E-state index in [-0.39, 0.29) is 11.9 Å². The van der Waals surface area contributed by atoms with Gasteiger partial charge in [0.25, 0.3) is 0 Å². The third-order valence-corrected chi connectivity index (χ3v) is 3.99. The van der Waals surface area contributed by atoms with Crippen LogP contribution in [-0.2, 0) is 12.8 Å². The highest BCUT2D eigenvalue weighted by molar-refractivity contribution is 7.05. The first-order valence-corrected chi connectivity index (χ1v) is 7.27. The predicted molar refractivity (Wildman–Crippen MR) is 75.9 cm³/mol. The van der Waals surface area contributed by atoms with Crippen LogP contribution in [0.3, 0.4) is 0 Å². The molecule has 19 heavy (non-hydrogen) atoms. The maximum Gasteiger partial charge on any atom is 0.126 e. The maximum absolute atomic E-state index is 13.7. The predicted octanol–water partition coefficient (Wildman–Crippen LogP) is 3.53. The molecule has 0 aliphatic heterocycles. The Morgan fingerprint density at radius 3 is 3.00 bits per heavy atom. The van der Waals surface area contributed by atoms with Crippen molar-refractivity contribution in [2.24, 2.45) is 5.73 Å².